The number of hydrogen-bond acceptors (Lipinski definition) is 5. The summed E-state index contributed by atoms with van der Waals surface area (Å²) in [4.78, 5) is 29.4. The Labute approximate surface area is 191 Å². The van der Waals surface area contributed by atoms with Crippen LogP contribution in [0.25, 0.3) is 0 Å². The number of piperidine rings is 1. The van der Waals surface area contributed by atoms with Gasteiger partial charge >= 0.3 is 0 Å². The maximum atomic E-state index is 13.2. The molecule has 33 heavy (non-hydrogen) atoms. The molecule has 172 valence electrons. The van der Waals surface area contributed by atoms with E-state index in [0.717, 1.165) is 12.1 Å². The molecule has 10 heteroatoms. The number of rotatable bonds is 6. The van der Waals surface area contributed by atoms with Crippen LogP contribution >= 0.6 is 0 Å². The van der Waals surface area contributed by atoms with Crippen molar-refractivity contribution in [3.8, 4) is 0 Å². The Bertz CT molecular complexity index is 1270. The first-order chi connectivity index (χ1) is 15.8. The first kappa shape index (κ1) is 22.8. The van der Waals surface area contributed by atoms with Gasteiger partial charge < -0.3 is 9.88 Å². The zero-order chi connectivity index (χ0) is 23.6. The number of anilines is 1. The van der Waals surface area contributed by atoms with E-state index in [1.54, 1.807) is 48.3 Å². The first-order valence-corrected chi connectivity index (χ1v) is 11.9. The van der Waals surface area contributed by atoms with Crippen LogP contribution in [0.15, 0.2) is 65.8 Å². The van der Waals surface area contributed by atoms with Gasteiger partial charge in [-0.05, 0) is 61.4 Å². The van der Waals surface area contributed by atoms with E-state index in [1.807, 2.05) is 0 Å². The molecular weight excluding hydrogens is 447 g/mol. The Morgan fingerprint density at radius 2 is 1.79 bits per heavy atom. The summed E-state index contributed by atoms with van der Waals surface area (Å²) in [5, 5.41) is 2.80. The van der Waals surface area contributed by atoms with E-state index in [1.165, 1.54) is 16.4 Å². The van der Waals surface area contributed by atoms with Gasteiger partial charge in [0.05, 0.1) is 10.8 Å². The van der Waals surface area contributed by atoms with E-state index in [-0.39, 0.29) is 23.1 Å². The van der Waals surface area contributed by atoms with Crippen molar-refractivity contribution in [3.63, 3.8) is 0 Å². The normalized spacial score (nSPS) is 17.0. The molecule has 1 aliphatic rings. The van der Waals surface area contributed by atoms with Crippen molar-refractivity contribution in [2.45, 2.75) is 17.7 Å². The van der Waals surface area contributed by atoms with E-state index in [2.05, 4.69) is 10.3 Å². The number of nitrogens with zero attached hydrogens (tertiary/aromatic N) is 3. The average molecular weight is 471 g/mol. The maximum absolute atomic E-state index is 13.2. The van der Waals surface area contributed by atoms with Crippen LogP contribution in [-0.2, 0) is 21.9 Å². The van der Waals surface area contributed by atoms with Crippen molar-refractivity contribution in [1.29, 1.82) is 0 Å². The molecular formula is C23H23FN4O4S. The van der Waals surface area contributed by atoms with Crippen molar-refractivity contribution in [3.05, 3.63) is 78.1 Å². The van der Waals surface area contributed by atoms with Gasteiger partial charge in [-0.15, -0.1) is 0 Å². The van der Waals surface area contributed by atoms with Gasteiger partial charge in [0.1, 0.15) is 5.82 Å². The number of carbonyl (C=O) groups excluding carboxylic acids is 2. The lowest BCUT2D eigenvalue weighted by molar-refractivity contribution is -0.120. The summed E-state index contributed by atoms with van der Waals surface area (Å²) < 4.78 is 41.8. The summed E-state index contributed by atoms with van der Waals surface area (Å²) >= 11 is 0. The number of hydrogen-bond donors (Lipinski definition) is 1. The van der Waals surface area contributed by atoms with Crippen molar-refractivity contribution < 1.29 is 22.4 Å². The summed E-state index contributed by atoms with van der Waals surface area (Å²) in [6.07, 6.45) is 4.32. The molecule has 4 rings (SSSR count). The van der Waals surface area contributed by atoms with Crippen molar-refractivity contribution in [1.82, 2.24) is 13.9 Å². The molecule has 0 radical (unpaired) electrons. The molecule has 1 atom stereocenters. The fourth-order valence-corrected chi connectivity index (χ4v) is 5.32. The zero-order valence-electron chi connectivity index (χ0n) is 17.9. The number of sulfonamides is 1. The van der Waals surface area contributed by atoms with E-state index in [0.29, 0.717) is 36.5 Å². The summed E-state index contributed by atoms with van der Waals surface area (Å²) in [6, 6.07) is 11.1. The highest BCUT2D eigenvalue weighted by molar-refractivity contribution is 7.89. The Morgan fingerprint density at radius 1 is 1.09 bits per heavy atom. The van der Waals surface area contributed by atoms with E-state index in [4.69, 9.17) is 0 Å². The second-order valence-electron chi connectivity index (χ2n) is 7.91. The highest BCUT2D eigenvalue weighted by atomic mass is 32.2. The Hall–Kier alpha value is -3.37. The van der Waals surface area contributed by atoms with E-state index >= 15 is 0 Å². The van der Waals surface area contributed by atoms with Gasteiger partial charge in [-0.3, -0.25) is 9.59 Å². The fraction of sp³-hybridized carbons (Fsp3) is 0.261. The predicted molar refractivity (Wildman–Crippen MR) is 120 cm³/mol. The highest BCUT2D eigenvalue weighted by Gasteiger charge is 2.33. The fourth-order valence-electron chi connectivity index (χ4n) is 3.79. The maximum Gasteiger partial charge on any atom is 0.243 e. The monoisotopic (exact) mass is 470 g/mol. The van der Waals surface area contributed by atoms with Crippen LogP contribution in [0.2, 0.25) is 0 Å². The van der Waals surface area contributed by atoms with Crippen molar-refractivity contribution >= 4 is 27.4 Å². The SMILES string of the molecule is Cn1ccnc1C(=O)c1ccc(NC(=O)[C@@H]2CCCN(S(=O)(=O)c3ccc(F)cc3)C2)cc1. The minimum absolute atomic E-state index is 0.00192. The summed E-state index contributed by atoms with van der Waals surface area (Å²) in [5.74, 6) is -1.25. The molecule has 3 aromatic rings. The lowest BCUT2D eigenvalue weighted by Gasteiger charge is -2.31. The van der Waals surface area contributed by atoms with Crippen LogP contribution in [0.1, 0.15) is 29.0 Å². The molecule has 1 aliphatic heterocycles. The molecule has 0 saturated carbocycles. The molecule has 0 unspecified atom stereocenters. The molecule has 0 bridgehead atoms. The largest absolute Gasteiger partial charge is 0.331 e. The van der Waals surface area contributed by atoms with Crippen LogP contribution in [0.3, 0.4) is 0 Å². The molecule has 0 spiro atoms. The molecule has 1 fully saturated rings. The summed E-state index contributed by atoms with van der Waals surface area (Å²) in [6.45, 7) is 0.342. The molecule has 1 aromatic heterocycles. The van der Waals surface area contributed by atoms with Crippen LogP contribution in [0.5, 0.6) is 0 Å². The quantitative estimate of drug-likeness (QED) is 0.559. The lowest BCUT2D eigenvalue weighted by Crippen LogP contribution is -2.43. The molecule has 2 heterocycles. The van der Waals surface area contributed by atoms with E-state index in [9.17, 15) is 22.4 Å². The van der Waals surface area contributed by atoms with Crippen LogP contribution in [0.4, 0.5) is 10.1 Å². The van der Waals surface area contributed by atoms with Gasteiger partial charge in [0.2, 0.25) is 21.7 Å². The van der Waals surface area contributed by atoms with Gasteiger partial charge in [-0.1, -0.05) is 0 Å². The number of ketones is 1. The standard InChI is InChI=1S/C23H23FN4O4S/c1-27-14-12-25-22(27)21(29)16-4-8-19(9-5-16)26-23(30)17-3-2-13-28(15-17)33(31,32)20-10-6-18(24)7-11-20/h4-12,14,17H,2-3,13,15H2,1H3,(H,26,30)/t17-/m1/s1. The Kier molecular flexibility index (Phi) is 6.39. The molecule has 1 N–H and O–H groups in total. The van der Waals surface area contributed by atoms with E-state index < -0.39 is 21.8 Å². The Balaban J connectivity index is 1.41. The van der Waals surface area contributed by atoms with Gasteiger partial charge in [-0.25, -0.2) is 17.8 Å². The Morgan fingerprint density at radius 3 is 2.42 bits per heavy atom. The predicted octanol–water partition coefficient (Wildman–Crippen LogP) is 2.83. The summed E-state index contributed by atoms with van der Waals surface area (Å²) in [5.41, 5.74) is 0.950. The number of nitrogens with one attached hydrogen (secondary N) is 1. The van der Waals surface area contributed by atoms with Gasteiger partial charge in [0, 0.05) is 43.8 Å². The third-order valence-electron chi connectivity index (χ3n) is 5.65. The first-order valence-electron chi connectivity index (χ1n) is 10.4. The van der Waals surface area contributed by atoms with Gasteiger partial charge in [0.25, 0.3) is 0 Å². The zero-order valence-corrected chi connectivity index (χ0v) is 18.8. The molecule has 8 nitrogen and oxygen atoms in total. The smallest absolute Gasteiger partial charge is 0.243 e. The number of aryl methyl sites for hydroxylation is 1. The van der Waals surface area contributed by atoms with Crippen molar-refractivity contribution in [2.24, 2.45) is 13.0 Å². The number of amides is 1. The molecule has 1 saturated heterocycles. The lowest BCUT2D eigenvalue weighted by atomic mass is 9.98. The highest BCUT2D eigenvalue weighted by Crippen LogP contribution is 2.25. The topological polar surface area (TPSA) is 101 Å². The van der Waals surface area contributed by atoms with Crippen LogP contribution in [-0.4, -0.2) is 47.1 Å². The number of carbonyl (C=O) groups is 2. The summed E-state index contributed by atoms with van der Waals surface area (Å²) in [7, 11) is -2.08. The second kappa shape index (κ2) is 9.24. The minimum Gasteiger partial charge on any atom is -0.331 e. The average Bonchev–Trinajstić information content (AvgIpc) is 3.25. The van der Waals surface area contributed by atoms with Crippen LogP contribution < -0.4 is 5.32 Å². The minimum atomic E-state index is -3.82. The molecule has 1 amide bonds. The van der Waals surface area contributed by atoms with Gasteiger partial charge in [0.15, 0.2) is 5.82 Å². The number of halogens is 1. The number of aromatic nitrogens is 2. The van der Waals surface area contributed by atoms with Crippen LogP contribution in [0, 0.1) is 11.7 Å². The molecule has 2 aromatic carbocycles. The second-order valence-corrected chi connectivity index (χ2v) is 9.85. The third kappa shape index (κ3) is 4.86. The molecule has 0 aliphatic carbocycles. The third-order valence-corrected chi connectivity index (χ3v) is 7.52. The number of benzene rings is 2. The van der Waals surface area contributed by atoms with Crippen molar-refractivity contribution in [2.75, 3.05) is 18.4 Å². The van der Waals surface area contributed by atoms with Gasteiger partial charge in [-0.2, -0.15) is 4.31 Å². The number of imidazole rings is 1.